The molecule has 1 aliphatic carbocycles. The number of ketones is 1. The monoisotopic (exact) mass is 284 g/mol. The molecule has 1 aliphatic rings. The number of carbonyl (C=O) groups excluding carboxylic acids is 1. The molecular weight excluding hydrogens is 264 g/mol. The van der Waals surface area contributed by atoms with Crippen molar-refractivity contribution in [1.29, 1.82) is 0 Å². The van der Waals surface area contributed by atoms with Crippen LogP contribution in [0.25, 0.3) is 0 Å². The molecule has 1 heterocycles. The Bertz CT molecular complexity index is 643. The number of Topliss-reactive ketones (excluding diaryl/α,β-unsaturated/α-hetero) is 1. The lowest BCUT2D eigenvalue weighted by molar-refractivity contribution is 0.0950. The summed E-state index contributed by atoms with van der Waals surface area (Å²) in [5.41, 5.74) is 5.70. The van der Waals surface area contributed by atoms with Crippen LogP contribution in [0.3, 0.4) is 0 Å². The molecule has 0 amide bonds. The van der Waals surface area contributed by atoms with Crippen LogP contribution in [0.15, 0.2) is 23.6 Å². The summed E-state index contributed by atoms with van der Waals surface area (Å²) in [6.07, 6.45) is 3.27. The van der Waals surface area contributed by atoms with Crippen LogP contribution in [0.4, 0.5) is 0 Å². The van der Waals surface area contributed by atoms with Crippen LogP contribution in [0, 0.1) is 20.8 Å². The maximum Gasteiger partial charge on any atom is 0.170 e. The maximum absolute atomic E-state index is 13.0. The third-order valence-corrected chi connectivity index (χ3v) is 5.29. The Morgan fingerprint density at radius 3 is 2.60 bits per heavy atom. The van der Waals surface area contributed by atoms with E-state index in [1.54, 1.807) is 11.3 Å². The van der Waals surface area contributed by atoms with Crippen LogP contribution in [0.2, 0.25) is 0 Å². The van der Waals surface area contributed by atoms with Crippen molar-refractivity contribution < 1.29 is 4.79 Å². The van der Waals surface area contributed by atoms with Crippen molar-refractivity contribution >= 4 is 17.1 Å². The van der Waals surface area contributed by atoms with Gasteiger partial charge in [-0.3, -0.25) is 4.79 Å². The molecule has 0 N–H and O–H groups in total. The number of rotatable bonds is 2. The van der Waals surface area contributed by atoms with E-state index >= 15 is 0 Å². The SMILES string of the molecule is Cc1cc(C)c(C(=O)C2CCCc3sccc32)c(C)c1. The average Bonchev–Trinajstić information content (AvgIpc) is 2.85. The van der Waals surface area contributed by atoms with Crippen LogP contribution in [0.1, 0.15) is 56.2 Å². The fraction of sp³-hybridized carbons (Fsp3) is 0.389. The van der Waals surface area contributed by atoms with Gasteiger partial charge in [0.1, 0.15) is 0 Å². The van der Waals surface area contributed by atoms with Gasteiger partial charge in [0.15, 0.2) is 5.78 Å². The van der Waals surface area contributed by atoms with Crippen LogP contribution < -0.4 is 0 Å². The zero-order valence-corrected chi connectivity index (χ0v) is 13.1. The highest BCUT2D eigenvalue weighted by Gasteiger charge is 2.29. The van der Waals surface area contributed by atoms with E-state index in [4.69, 9.17) is 0 Å². The fourth-order valence-corrected chi connectivity index (χ4v) is 4.49. The summed E-state index contributed by atoms with van der Waals surface area (Å²) in [7, 11) is 0. The number of fused-ring (bicyclic) bond motifs is 1. The second-order valence-corrected chi connectivity index (χ2v) is 6.88. The second kappa shape index (κ2) is 5.17. The van der Waals surface area contributed by atoms with E-state index in [1.165, 1.54) is 16.0 Å². The Morgan fingerprint density at radius 1 is 1.20 bits per heavy atom. The number of benzene rings is 1. The third-order valence-electron chi connectivity index (χ3n) is 4.29. The zero-order chi connectivity index (χ0) is 14.3. The summed E-state index contributed by atoms with van der Waals surface area (Å²) in [4.78, 5) is 14.4. The highest BCUT2D eigenvalue weighted by Crippen LogP contribution is 2.38. The summed E-state index contributed by atoms with van der Waals surface area (Å²) in [5, 5.41) is 2.13. The largest absolute Gasteiger partial charge is 0.293 e. The molecule has 1 unspecified atom stereocenters. The molecule has 0 fully saturated rings. The van der Waals surface area contributed by atoms with Gasteiger partial charge in [-0.05, 0) is 68.2 Å². The second-order valence-electron chi connectivity index (χ2n) is 5.88. The molecule has 1 nitrogen and oxygen atoms in total. The van der Waals surface area contributed by atoms with Gasteiger partial charge in [0, 0.05) is 16.4 Å². The minimum absolute atomic E-state index is 0.0742. The number of carbonyl (C=O) groups is 1. The molecule has 0 saturated heterocycles. The predicted octanol–water partition coefficient (Wildman–Crippen LogP) is 4.98. The molecule has 0 spiro atoms. The third kappa shape index (κ3) is 2.22. The number of hydrogen-bond acceptors (Lipinski definition) is 2. The maximum atomic E-state index is 13.0. The van der Waals surface area contributed by atoms with Crippen LogP contribution >= 0.6 is 11.3 Å². The van der Waals surface area contributed by atoms with Gasteiger partial charge in [-0.15, -0.1) is 11.3 Å². The van der Waals surface area contributed by atoms with Crippen molar-refractivity contribution in [3.8, 4) is 0 Å². The van der Waals surface area contributed by atoms with E-state index in [2.05, 4.69) is 44.4 Å². The summed E-state index contributed by atoms with van der Waals surface area (Å²) in [6, 6.07) is 6.40. The van der Waals surface area contributed by atoms with Crippen LogP contribution in [0.5, 0.6) is 0 Å². The molecule has 2 heteroatoms. The van der Waals surface area contributed by atoms with Crippen LogP contribution in [-0.4, -0.2) is 5.78 Å². The van der Waals surface area contributed by atoms with Crippen molar-refractivity contribution in [1.82, 2.24) is 0 Å². The Labute approximate surface area is 124 Å². The topological polar surface area (TPSA) is 17.1 Å². The molecule has 0 aliphatic heterocycles. The molecule has 0 radical (unpaired) electrons. The van der Waals surface area contributed by atoms with Crippen molar-refractivity contribution in [2.24, 2.45) is 0 Å². The fourth-order valence-electron chi connectivity index (χ4n) is 3.50. The molecule has 1 atom stereocenters. The average molecular weight is 284 g/mol. The predicted molar refractivity (Wildman–Crippen MR) is 85.0 cm³/mol. The standard InChI is InChI=1S/C18H20OS/c1-11-9-12(2)17(13(3)10-11)18(19)15-5-4-6-16-14(15)7-8-20-16/h7-10,15H,4-6H2,1-3H3. The van der Waals surface area contributed by atoms with Gasteiger partial charge in [0.2, 0.25) is 0 Å². The van der Waals surface area contributed by atoms with Gasteiger partial charge in [-0.2, -0.15) is 0 Å². The lowest BCUT2D eigenvalue weighted by Gasteiger charge is -2.23. The van der Waals surface area contributed by atoms with Crippen molar-refractivity contribution in [2.75, 3.05) is 0 Å². The highest BCUT2D eigenvalue weighted by molar-refractivity contribution is 7.10. The van der Waals surface area contributed by atoms with E-state index in [9.17, 15) is 4.79 Å². The summed E-state index contributed by atoms with van der Waals surface area (Å²) >= 11 is 1.80. The van der Waals surface area contributed by atoms with Crippen molar-refractivity contribution in [2.45, 2.75) is 46.0 Å². The first-order valence-electron chi connectivity index (χ1n) is 7.26. The normalized spacial score (nSPS) is 17.9. The quantitative estimate of drug-likeness (QED) is 0.711. The van der Waals surface area contributed by atoms with Gasteiger partial charge in [0.25, 0.3) is 0 Å². The Kier molecular flexibility index (Phi) is 3.51. The highest BCUT2D eigenvalue weighted by atomic mass is 32.1. The molecule has 2 aromatic rings. The number of thiophene rings is 1. The van der Waals surface area contributed by atoms with E-state index in [0.29, 0.717) is 5.78 Å². The molecule has 104 valence electrons. The number of hydrogen-bond donors (Lipinski definition) is 0. The minimum atomic E-state index is 0.0742. The lowest BCUT2D eigenvalue weighted by Crippen LogP contribution is -2.19. The molecule has 1 aromatic carbocycles. The van der Waals surface area contributed by atoms with Crippen LogP contribution in [-0.2, 0) is 6.42 Å². The molecule has 20 heavy (non-hydrogen) atoms. The first-order valence-corrected chi connectivity index (χ1v) is 8.14. The smallest absolute Gasteiger partial charge is 0.170 e. The molecule has 1 aromatic heterocycles. The molecule has 3 rings (SSSR count). The summed E-state index contributed by atoms with van der Waals surface area (Å²) in [6.45, 7) is 6.21. The molecular formula is C18H20OS. The molecule has 0 saturated carbocycles. The van der Waals surface area contributed by atoms with E-state index in [-0.39, 0.29) is 5.92 Å². The Morgan fingerprint density at radius 2 is 1.90 bits per heavy atom. The first kappa shape index (κ1) is 13.6. The van der Waals surface area contributed by atoms with Crippen molar-refractivity contribution in [3.63, 3.8) is 0 Å². The molecule has 0 bridgehead atoms. The van der Waals surface area contributed by atoms with E-state index in [0.717, 1.165) is 36.0 Å². The summed E-state index contributed by atoms with van der Waals surface area (Å²) < 4.78 is 0. The van der Waals surface area contributed by atoms with Gasteiger partial charge in [0.05, 0.1) is 0 Å². The van der Waals surface area contributed by atoms with Gasteiger partial charge in [-0.1, -0.05) is 17.7 Å². The van der Waals surface area contributed by atoms with E-state index in [1.807, 2.05) is 0 Å². The number of aryl methyl sites for hydroxylation is 4. The zero-order valence-electron chi connectivity index (χ0n) is 12.3. The van der Waals surface area contributed by atoms with Gasteiger partial charge >= 0.3 is 0 Å². The van der Waals surface area contributed by atoms with E-state index < -0.39 is 0 Å². The Hall–Kier alpha value is -1.41. The minimum Gasteiger partial charge on any atom is -0.293 e. The Balaban J connectivity index is 2.03. The lowest BCUT2D eigenvalue weighted by atomic mass is 9.80. The first-order chi connectivity index (χ1) is 9.58. The van der Waals surface area contributed by atoms with Gasteiger partial charge in [-0.25, -0.2) is 0 Å². The van der Waals surface area contributed by atoms with Crippen molar-refractivity contribution in [3.05, 3.63) is 56.3 Å². The van der Waals surface area contributed by atoms with Gasteiger partial charge < -0.3 is 0 Å². The summed E-state index contributed by atoms with van der Waals surface area (Å²) in [5.74, 6) is 0.393.